The first kappa shape index (κ1) is 19.6. The van der Waals surface area contributed by atoms with E-state index in [2.05, 4.69) is 22.4 Å². The second-order valence-corrected chi connectivity index (χ2v) is 7.11. The van der Waals surface area contributed by atoms with Gasteiger partial charge < -0.3 is 10.1 Å². The zero-order valence-electron chi connectivity index (χ0n) is 17.5. The third-order valence-corrected chi connectivity index (χ3v) is 4.91. The molecule has 0 spiro atoms. The fraction of sp³-hybridized carbons (Fsp3) is 0.273. The average molecular weight is 404 g/mol. The minimum absolute atomic E-state index is 0.246. The second-order valence-electron chi connectivity index (χ2n) is 7.11. The van der Waals surface area contributed by atoms with Gasteiger partial charge in [0.1, 0.15) is 5.75 Å². The summed E-state index contributed by atoms with van der Waals surface area (Å²) in [5.74, 6) is 0.996. The minimum Gasteiger partial charge on any atom is -0.497 e. The number of pyridine rings is 1. The number of amides is 1. The molecule has 1 N–H and O–H groups in total. The minimum atomic E-state index is -0.246. The molecule has 0 unspecified atom stereocenters. The van der Waals surface area contributed by atoms with E-state index in [4.69, 9.17) is 9.72 Å². The number of hydrogen-bond acceptors (Lipinski definition) is 5. The number of benzene rings is 1. The molecule has 0 saturated carbocycles. The fourth-order valence-electron chi connectivity index (χ4n) is 3.52. The van der Waals surface area contributed by atoms with Gasteiger partial charge in [0.25, 0.3) is 5.91 Å². The summed E-state index contributed by atoms with van der Waals surface area (Å²) in [5.41, 5.74) is 3.43. The van der Waals surface area contributed by atoms with Crippen molar-refractivity contribution < 1.29 is 9.53 Å². The van der Waals surface area contributed by atoms with E-state index in [-0.39, 0.29) is 5.91 Å². The van der Waals surface area contributed by atoms with Gasteiger partial charge in [-0.2, -0.15) is 10.2 Å². The Hall–Kier alpha value is -3.68. The van der Waals surface area contributed by atoms with Crippen LogP contribution in [-0.4, -0.2) is 37.6 Å². The summed E-state index contributed by atoms with van der Waals surface area (Å²) >= 11 is 0. The average Bonchev–Trinajstić information content (AvgIpc) is 3.31. The molecule has 3 aromatic heterocycles. The van der Waals surface area contributed by atoms with Gasteiger partial charge in [0, 0.05) is 31.4 Å². The SMILES string of the molecule is CCCn1ccc(NC(=O)c2cc(-c3cccc(OC)c3)nc3c2c(C)nn3C)n1. The summed E-state index contributed by atoms with van der Waals surface area (Å²) in [6.07, 6.45) is 2.83. The molecular formula is C22H24N6O2. The van der Waals surface area contributed by atoms with Gasteiger partial charge >= 0.3 is 0 Å². The lowest BCUT2D eigenvalue weighted by Gasteiger charge is -2.09. The van der Waals surface area contributed by atoms with Crippen LogP contribution in [0.1, 0.15) is 29.4 Å². The van der Waals surface area contributed by atoms with Gasteiger partial charge in [0.05, 0.1) is 29.4 Å². The molecule has 8 nitrogen and oxygen atoms in total. The standard InChI is InChI=1S/C22H24N6O2/c1-5-10-28-11-9-19(26-28)24-22(29)17-13-18(15-7-6-8-16(12-15)30-4)23-21-20(17)14(2)25-27(21)3/h6-9,11-13H,5,10H2,1-4H3,(H,24,26,29). The number of rotatable bonds is 6. The molecule has 0 atom stereocenters. The molecule has 30 heavy (non-hydrogen) atoms. The number of fused-ring (bicyclic) bond motifs is 1. The van der Waals surface area contributed by atoms with E-state index in [9.17, 15) is 4.79 Å². The van der Waals surface area contributed by atoms with Gasteiger partial charge in [-0.25, -0.2) is 4.98 Å². The lowest BCUT2D eigenvalue weighted by atomic mass is 10.0. The molecular weight excluding hydrogens is 380 g/mol. The van der Waals surface area contributed by atoms with Crippen molar-refractivity contribution in [3.05, 3.63) is 53.9 Å². The summed E-state index contributed by atoms with van der Waals surface area (Å²) in [4.78, 5) is 18.0. The number of carbonyl (C=O) groups excluding carboxylic acids is 1. The summed E-state index contributed by atoms with van der Waals surface area (Å²) in [7, 11) is 3.45. The molecule has 0 radical (unpaired) electrons. The Morgan fingerprint density at radius 2 is 2.03 bits per heavy atom. The van der Waals surface area contributed by atoms with Gasteiger partial charge in [0.15, 0.2) is 11.5 Å². The Morgan fingerprint density at radius 3 is 2.80 bits per heavy atom. The quantitative estimate of drug-likeness (QED) is 0.528. The highest BCUT2D eigenvalue weighted by molar-refractivity contribution is 6.13. The van der Waals surface area contributed by atoms with E-state index in [1.165, 1.54) is 0 Å². The van der Waals surface area contributed by atoms with Crippen molar-refractivity contribution in [3.63, 3.8) is 0 Å². The molecule has 3 heterocycles. The van der Waals surface area contributed by atoms with Crippen molar-refractivity contribution in [2.75, 3.05) is 12.4 Å². The van der Waals surface area contributed by atoms with Gasteiger partial charge in [-0.3, -0.25) is 14.2 Å². The number of nitrogens with one attached hydrogen (secondary N) is 1. The summed E-state index contributed by atoms with van der Waals surface area (Å²) < 4.78 is 8.85. The van der Waals surface area contributed by atoms with Crippen LogP contribution in [0.25, 0.3) is 22.3 Å². The van der Waals surface area contributed by atoms with Crippen LogP contribution < -0.4 is 10.1 Å². The smallest absolute Gasteiger partial charge is 0.257 e. The third-order valence-electron chi connectivity index (χ3n) is 4.91. The first-order chi connectivity index (χ1) is 14.5. The summed E-state index contributed by atoms with van der Waals surface area (Å²) in [5, 5.41) is 12.5. The van der Waals surface area contributed by atoms with Gasteiger partial charge in [-0.1, -0.05) is 19.1 Å². The molecule has 154 valence electrons. The lowest BCUT2D eigenvalue weighted by molar-refractivity contribution is 0.102. The van der Waals surface area contributed by atoms with Crippen molar-refractivity contribution in [2.24, 2.45) is 7.05 Å². The Labute approximate surface area is 174 Å². The number of carbonyl (C=O) groups is 1. The normalized spacial score (nSPS) is 11.1. The highest BCUT2D eigenvalue weighted by Gasteiger charge is 2.20. The van der Waals surface area contributed by atoms with Crippen molar-refractivity contribution in [1.29, 1.82) is 0 Å². The van der Waals surface area contributed by atoms with E-state index < -0.39 is 0 Å². The van der Waals surface area contributed by atoms with Gasteiger partial charge in [-0.15, -0.1) is 0 Å². The molecule has 0 fully saturated rings. The van der Waals surface area contributed by atoms with Crippen LogP contribution in [0.4, 0.5) is 5.82 Å². The predicted molar refractivity (Wildman–Crippen MR) is 116 cm³/mol. The number of methoxy groups -OCH3 is 1. The molecule has 1 amide bonds. The van der Waals surface area contributed by atoms with E-state index in [1.807, 2.05) is 49.1 Å². The number of aryl methyl sites for hydroxylation is 3. The van der Waals surface area contributed by atoms with Gasteiger partial charge in [0.2, 0.25) is 0 Å². The molecule has 4 rings (SSSR count). The number of hydrogen-bond donors (Lipinski definition) is 1. The maximum absolute atomic E-state index is 13.2. The topological polar surface area (TPSA) is 86.9 Å². The second kappa shape index (κ2) is 7.98. The van der Waals surface area contributed by atoms with Crippen LogP contribution >= 0.6 is 0 Å². The largest absolute Gasteiger partial charge is 0.497 e. The monoisotopic (exact) mass is 404 g/mol. The number of ether oxygens (including phenoxy) is 1. The molecule has 4 aromatic rings. The maximum atomic E-state index is 13.2. The molecule has 8 heteroatoms. The van der Waals surface area contributed by atoms with E-state index >= 15 is 0 Å². The first-order valence-electron chi connectivity index (χ1n) is 9.83. The molecule has 0 aliphatic carbocycles. The highest BCUT2D eigenvalue weighted by atomic mass is 16.5. The van der Waals surface area contributed by atoms with Crippen LogP contribution in [-0.2, 0) is 13.6 Å². The molecule has 0 aliphatic heterocycles. The lowest BCUT2D eigenvalue weighted by Crippen LogP contribution is -2.14. The first-order valence-corrected chi connectivity index (χ1v) is 9.83. The van der Waals surface area contributed by atoms with Crippen LogP contribution in [0.3, 0.4) is 0 Å². The van der Waals surface area contributed by atoms with Crippen molar-refractivity contribution in [2.45, 2.75) is 26.8 Å². The van der Waals surface area contributed by atoms with Gasteiger partial charge in [-0.05, 0) is 31.5 Å². The van der Waals surface area contributed by atoms with Crippen molar-refractivity contribution in [3.8, 4) is 17.0 Å². The van der Waals surface area contributed by atoms with Crippen LogP contribution in [0, 0.1) is 6.92 Å². The highest BCUT2D eigenvalue weighted by Crippen LogP contribution is 2.29. The summed E-state index contributed by atoms with van der Waals surface area (Å²) in [6.45, 7) is 4.76. The Kier molecular flexibility index (Phi) is 5.22. The fourth-order valence-corrected chi connectivity index (χ4v) is 3.52. The molecule has 1 aromatic carbocycles. The molecule has 0 bridgehead atoms. The number of anilines is 1. The van der Waals surface area contributed by atoms with Crippen molar-refractivity contribution in [1.82, 2.24) is 24.5 Å². The van der Waals surface area contributed by atoms with Crippen molar-refractivity contribution >= 4 is 22.8 Å². The number of aromatic nitrogens is 5. The zero-order chi connectivity index (χ0) is 21.3. The van der Waals surface area contributed by atoms with E-state index in [1.54, 1.807) is 23.9 Å². The molecule has 0 saturated heterocycles. The summed E-state index contributed by atoms with van der Waals surface area (Å²) in [6, 6.07) is 11.2. The Balaban J connectivity index is 1.79. The Morgan fingerprint density at radius 1 is 1.20 bits per heavy atom. The van der Waals surface area contributed by atoms with Crippen LogP contribution in [0.15, 0.2) is 42.6 Å². The Bertz CT molecular complexity index is 1220. The predicted octanol–water partition coefficient (Wildman–Crippen LogP) is 3.81. The number of nitrogens with zero attached hydrogens (tertiary/aromatic N) is 5. The molecule has 0 aliphatic rings. The van der Waals surface area contributed by atoms with E-state index in [0.717, 1.165) is 35.4 Å². The third kappa shape index (κ3) is 3.63. The van der Waals surface area contributed by atoms with E-state index in [0.29, 0.717) is 22.7 Å². The van der Waals surface area contributed by atoms with Crippen LogP contribution in [0.2, 0.25) is 0 Å². The zero-order valence-corrected chi connectivity index (χ0v) is 17.5. The van der Waals surface area contributed by atoms with Crippen LogP contribution in [0.5, 0.6) is 5.75 Å². The maximum Gasteiger partial charge on any atom is 0.257 e.